The van der Waals surface area contributed by atoms with Crippen molar-refractivity contribution in [3.63, 3.8) is 0 Å². The van der Waals surface area contributed by atoms with Crippen LogP contribution in [-0.2, 0) is 6.42 Å². The van der Waals surface area contributed by atoms with Crippen LogP contribution in [0, 0.1) is 6.92 Å². The van der Waals surface area contributed by atoms with Gasteiger partial charge in [-0.15, -0.1) is 0 Å². The Balaban J connectivity index is 2.32. The Morgan fingerprint density at radius 2 is 1.73 bits per heavy atom. The summed E-state index contributed by atoms with van der Waals surface area (Å²) in [7, 11) is 1.73. The molecule has 0 fully saturated rings. The van der Waals surface area contributed by atoms with E-state index in [-0.39, 0.29) is 5.92 Å². The fraction of sp³-hybridized carbons (Fsp3) is 0.400. The van der Waals surface area contributed by atoms with Crippen LogP contribution in [0.4, 0.5) is 0 Å². The quantitative estimate of drug-likeness (QED) is 0.857. The summed E-state index contributed by atoms with van der Waals surface area (Å²) in [5.74, 6) is 1.71. The highest BCUT2D eigenvalue weighted by molar-refractivity contribution is 5.42. The first-order chi connectivity index (χ1) is 10.5. The molecule has 0 saturated carbocycles. The smallest absolute Gasteiger partial charge is 0.122 e. The van der Waals surface area contributed by atoms with Gasteiger partial charge in [-0.1, -0.05) is 55.8 Å². The maximum absolute atomic E-state index is 6.08. The minimum atomic E-state index is 0.274. The van der Waals surface area contributed by atoms with Crippen LogP contribution in [0.2, 0.25) is 0 Å². The highest BCUT2D eigenvalue weighted by atomic mass is 16.5. The van der Waals surface area contributed by atoms with E-state index in [1.807, 2.05) is 0 Å². The molecule has 0 aromatic heterocycles. The molecule has 118 valence electrons. The van der Waals surface area contributed by atoms with E-state index < -0.39 is 0 Å². The lowest BCUT2D eigenvalue weighted by atomic mass is 9.88. The largest absolute Gasteiger partial charge is 0.496 e. The van der Waals surface area contributed by atoms with Crippen LogP contribution in [0.3, 0.4) is 0 Å². The Bertz CT molecular complexity index is 602. The van der Waals surface area contributed by atoms with Crippen LogP contribution in [0.1, 0.15) is 47.9 Å². The summed E-state index contributed by atoms with van der Waals surface area (Å²) in [6.07, 6.45) is 0.939. The van der Waals surface area contributed by atoms with E-state index in [2.05, 4.69) is 63.2 Å². The number of hydrogen-bond acceptors (Lipinski definition) is 2. The van der Waals surface area contributed by atoms with Gasteiger partial charge in [-0.3, -0.25) is 0 Å². The third kappa shape index (κ3) is 3.89. The third-order valence-electron chi connectivity index (χ3n) is 4.25. The van der Waals surface area contributed by atoms with Gasteiger partial charge in [-0.05, 0) is 48.6 Å². The molecule has 22 heavy (non-hydrogen) atoms. The van der Waals surface area contributed by atoms with Crippen molar-refractivity contribution in [3.05, 3.63) is 64.7 Å². The van der Waals surface area contributed by atoms with Gasteiger partial charge in [0, 0.05) is 5.92 Å². The lowest BCUT2D eigenvalue weighted by Gasteiger charge is -2.20. The predicted octanol–water partition coefficient (Wildman–Crippen LogP) is 4.41. The summed E-state index contributed by atoms with van der Waals surface area (Å²) in [6.45, 7) is 7.15. The summed E-state index contributed by atoms with van der Waals surface area (Å²) in [6, 6.07) is 15.2. The Morgan fingerprint density at radius 3 is 2.27 bits per heavy atom. The molecule has 0 spiro atoms. The second-order valence-electron chi connectivity index (χ2n) is 6.28. The molecule has 0 aliphatic rings. The van der Waals surface area contributed by atoms with E-state index in [4.69, 9.17) is 10.5 Å². The number of nitrogens with two attached hydrogens (primary N) is 1. The molecule has 0 heterocycles. The zero-order valence-electron chi connectivity index (χ0n) is 14.1. The number of ether oxygens (including phenoxy) is 1. The molecule has 0 radical (unpaired) electrons. The predicted molar refractivity (Wildman–Crippen MR) is 93.8 cm³/mol. The molecule has 0 aliphatic carbocycles. The van der Waals surface area contributed by atoms with E-state index >= 15 is 0 Å². The van der Waals surface area contributed by atoms with Crippen LogP contribution in [0.5, 0.6) is 5.75 Å². The van der Waals surface area contributed by atoms with Crippen molar-refractivity contribution in [2.24, 2.45) is 5.73 Å². The number of methoxy groups -OCH3 is 1. The zero-order chi connectivity index (χ0) is 16.1. The minimum Gasteiger partial charge on any atom is -0.496 e. The van der Waals surface area contributed by atoms with Crippen LogP contribution < -0.4 is 10.5 Å². The maximum Gasteiger partial charge on any atom is 0.122 e. The van der Waals surface area contributed by atoms with Gasteiger partial charge in [0.05, 0.1) is 7.11 Å². The van der Waals surface area contributed by atoms with Gasteiger partial charge < -0.3 is 10.5 Å². The minimum absolute atomic E-state index is 0.274. The maximum atomic E-state index is 6.08. The zero-order valence-corrected chi connectivity index (χ0v) is 14.1. The van der Waals surface area contributed by atoms with Crippen LogP contribution >= 0.6 is 0 Å². The van der Waals surface area contributed by atoms with Crippen molar-refractivity contribution in [3.8, 4) is 5.75 Å². The number of hydrogen-bond donors (Lipinski definition) is 1. The van der Waals surface area contributed by atoms with Crippen molar-refractivity contribution in [1.82, 2.24) is 0 Å². The SMILES string of the molecule is COc1ccc(C(C)C)cc1C(CN)Cc1ccc(C)cc1. The fourth-order valence-corrected chi connectivity index (χ4v) is 2.76. The molecule has 0 aliphatic heterocycles. The molecule has 0 bridgehead atoms. The fourth-order valence-electron chi connectivity index (χ4n) is 2.76. The number of aryl methyl sites for hydroxylation is 1. The summed E-state index contributed by atoms with van der Waals surface area (Å²) in [5, 5.41) is 0. The average Bonchev–Trinajstić information content (AvgIpc) is 2.53. The van der Waals surface area contributed by atoms with Crippen molar-refractivity contribution >= 4 is 0 Å². The Hall–Kier alpha value is -1.80. The molecule has 2 aromatic rings. The van der Waals surface area contributed by atoms with Crippen molar-refractivity contribution in [2.45, 2.75) is 39.0 Å². The molecule has 0 saturated heterocycles. The third-order valence-corrected chi connectivity index (χ3v) is 4.25. The summed E-state index contributed by atoms with van der Waals surface area (Å²) < 4.78 is 5.56. The summed E-state index contributed by atoms with van der Waals surface area (Å²) in [4.78, 5) is 0. The Labute approximate surface area is 134 Å². The molecule has 1 unspecified atom stereocenters. The van der Waals surface area contributed by atoms with Gasteiger partial charge in [0.15, 0.2) is 0 Å². The van der Waals surface area contributed by atoms with Gasteiger partial charge in [-0.25, -0.2) is 0 Å². The van der Waals surface area contributed by atoms with Gasteiger partial charge in [0.2, 0.25) is 0 Å². The van der Waals surface area contributed by atoms with Crippen molar-refractivity contribution < 1.29 is 4.74 Å². The monoisotopic (exact) mass is 297 g/mol. The standard InChI is InChI=1S/C20H27NO/c1-14(2)17-9-10-20(22-4)19(12-17)18(13-21)11-16-7-5-15(3)6-8-16/h5-10,12,14,18H,11,13,21H2,1-4H3. The van der Waals surface area contributed by atoms with Gasteiger partial charge in [0.1, 0.15) is 5.75 Å². The van der Waals surface area contributed by atoms with E-state index in [1.165, 1.54) is 22.3 Å². The average molecular weight is 297 g/mol. The van der Waals surface area contributed by atoms with Crippen LogP contribution in [-0.4, -0.2) is 13.7 Å². The highest BCUT2D eigenvalue weighted by Crippen LogP contribution is 2.32. The Kier molecular flexibility index (Phi) is 5.62. The molecular weight excluding hydrogens is 270 g/mol. The van der Waals surface area contributed by atoms with E-state index in [1.54, 1.807) is 7.11 Å². The highest BCUT2D eigenvalue weighted by Gasteiger charge is 2.17. The molecule has 2 N–H and O–H groups in total. The topological polar surface area (TPSA) is 35.2 Å². The first kappa shape index (κ1) is 16.6. The Morgan fingerprint density at radius 1 is 1.05 bits per heavy atom. The molecule has 2 heteroatoms. The molecule has 2 aromatic carbocycles. The van der Waals surface area contributed by atoms with Crippen LogP contribution in [0.15, 0.2) is 42.5 Å². The van der Waals surface area contributed by atoms with Crippen molar-refractivity contribution in [2.75, 3.05) is 13.7 Å². The summed E-state index contributed by atoms with van der Waals surface area (Å²) >= 11 is 0. The van der Waals surface area contributed by atoms with Crippen molar-refractivity contribution in [1.29, 1.82) is 0 Å². The van der Waals surface area contributed by atoms with E-state index in [0.717, 1.165) is 12.2 Å². The molecule has 2 nitrogen and oxygen atoms in total. The molecule has 0 amide bonds. The van der Waals surface area contributed by atoms with Gasteiger partial charge in [0.25, 0.3) is 0 Å². The molecule has 2 rings (SSSR count). The first-order valence-corrected chi connectivity index (χ1v) is 7.98. The second-order valence-corrected chi connectivity index (χ2v) is 6.28. The molecule has 1 atom stereocenters. The number of rotatable bonds is 6. The second kappa shape index (κ2) is 7.46. The first-order valence-electron chi connectivity index (χ1n) is 7.98. The lowest BCUT2D eigenvalue weighted by molar-refractivity contribution is 0.405. The normalized spacial score (nSPS) is 12.5. The van der Waals surface area contributed by atoms with E-state index in [9.17, 15) is 0 Å². The van der Waals surface area contributed by atoms with Gasteiger partial charge in [-0.2, -0.15) is 0 Å². The lowest BCUT2D eigenvalue weighted by Crippen LogP contribution is -2.16. The van der Waals surface area contributed by atoms with Crippen LogP contribution in [0.25, 0.3) is 0 Å². The summed E-state index contributed by atoms with van der Waals surface area (Å²) in [5.41, 5.74) is 11.2. The number of benzene rings is 2. The molecular formula is C20H27NO. The van der Waals surface area contributed by atoms with Gasteiger partial charge >= 0.3 is 0 Å². The van der Waals surface area contributed by atoms with E-state index in [0.29, 0.717) is 12.5 Å².